The van der Waals surface area contributed by atoms with Gasteiger partial charge < -0.3 is 10.7 Å². The Morgan fingerprint density at radius 1 is 1.11 bits per heavy atom. The molecule has 0 unspecified atom stereocenters. The van der Waals surface area contributed by atoms with Crippen LogP contribution in [0, 0.1) is 5.41 Å². The number of H-pyrrole nitrogens is 1. The molecule has 0 amide bonds. The maximum Gasteiger partial charge on any atom is 0.181 e. The minimum absolute atomic E-state index is 0.134. The van der Waals surface area contributed by atoms with Gasteiger partial charge in [0.15, 0.2) is 5.65 Å². The molecule has 3 aromatic rings. The third kappa shape index (κ3) is 2.10. The van der Waals surface area contributed by atoms with Crippen LogP contribution in [0.5, 0.6) is 0 Å². The summed E-state index contributed by atoms with van der Waals surface area (Å²) in [5, 5.41) is 8.66. The summed E-state index contributed by atoms with van der Waals surface area (Å²) in [5.41, 5.74) is 7.10. The van der Waals surface area contributed by atoms with Gasteiger partial charge in [0.1, 0.15) is 33.4 Å². The number of fused-ring (bicyclic) bond motifs is 1. The minimum atomic E-state index is -0.134. The molecule has 8 nitrogen and oxygen atoms in total. The molecule has 19 heavy (non-hydrogen) atoms. The molecule has 0 bridgehead atoms. The van der Waals surface area contributed by atoms with Crippen LogP contribution >= 0.6 is 11.8 Å². The first-order valence-corrected chi connectivity index (χ1v) is 6.04. The van der Waals surface area contributed by atoms with Gasteiger partial charge >= 0.3 is 0 Å². The number of nitrogens with zero attached hydrogens (tertiary/aromatic N) is 5. The van der Waals surface area contributed by atoms with Crippen molar-refractivity contribution >= 4 is 28.8 Å². The van der Waals surface area contributed by atoms with Crippen molar-refractivity contribution in [2.75, 3.05) is 0 Å². The maximum absolute atomic E-state index is 7.48. The topological polar surface area (TPSA) is 130 Å². The summed E-state index contributed by atoms with van der Waals surface area (Å²) < 4.78 is 0. The predicted octanol–water partition coefficient (Wildman–Crippen LogP) is 0.578. The molecule has 0 aromatic carbocycles. The second kappa shape index (κ2) is 4.61. The summed E-state index contributed by atoms with van der Waals surface area (Å²) in [4.78, 5) is 23.4. The summed E-state index contributed by atoms with van der Waals surface area (Å²) in [5.74, 6) is -0.134. The molecule has 0 fully saturated rings. The lowest BCUT2D eigenvalue weighted by molar-refractivity contribution is 1.01. The van der Waals surface area contributed by atoms with Crippen molar-refractivity contribution in [2.45, 2.75) is 10.1 Å². The highest BCUT2D eigenvalue weighted by Gasteiger charge is 2.13. The average Bonchev–Trinajstić information content (AvgIpc) is 2.88. The molecule has 0 aliphatic rings. The van der Waals surface area contributed by atoms with Crippen LogP contribution < -0.4 is 5.73 Å². The zero-order chi connectivity index (χ0) is 13.2. The van der Waals surface area contributed by atoms with Gasteiger partial charge in [0.2, 0.25) is 0 Å². The van der Waals surface area contributed by atoms with Crippen molar-refractivity contribution in [2.24, 2.45) is 5.73 Å². The maximum atomic E-state index is 7.48. The van der Waals surface area contributed by atoms with E-state index in [2.05, 4.69) is 29.9 Å². The molecule has 0 aliphatic heterocycles. The fourth-order valence-corrected chi connectivity index (χ4v) is 2.40. The molecular weight excluding hydrogens is 264 g/mol. The lowest BCUT2D eigenvalue weighted by atomic mass is 10.4. The molecule has 9 heteroatoms. The summed E-state index contributed by atoms with van der Waals surface area (Å²) in [6.07, 6.45) is 6.01. The Labute approximate surface area is 111 Å². The van der Waals surface area contributed by atoms with E-state index >= 15 is 0 Å². The number of nitrogen functional groups attached to an aromatic ring is 1. The predicted molar refractivity (Wildman–Crippen MR) is 68.9 cm³/mol. The number of nitrogens with one attached hydrogen (secondary N) is 2. The number of hydrogen-bond donors (Lipinski definition) is 3. The summed E-state index contributed by atoms with van der Waals surface area (Å²) in [6, 6.07) is 0. The number of aromatic nitrogens is 6. The van der Waals surface area contributed by atoms with Gasteiger partial charge in [-0.05, 0) is 11.8 Å². The highest BCUT2D eigenvalue weighted by Crippen LogP contribution is 2.29. The fourth-order valence-electron chi connectivity index (χ4n) is 1.50. The molecule has 3 aromatic heterocycles. The van der Waals surface area contributed by atoms with Gasteiger partial charge in [0.25, 0.3) is 0 Å². The molecule has 4 N–H and O–H groups in total. The van der Waals surface area contributed by atoms with Crippen LogP contribution in [0.2, 0.25) is 0 Å². The molecule has 0 spiro atoms. The Hall–Kier alpha value is -2.55. The van der Waals surface area contributed by atoms with Gasteiger partial charge in [0, 0.05) is 12.4 Å². The van der Waals surface area contributed by atoms with Crippen LogP contribution in [0.4, 0.5) is 0 Å². The zero-order valence-corrected chi connectivity index (χ0v) is 10.3. The Kier molecular flexibility index (Phi) is 2.80. The third-order valence-corrected chi connectivity index (χ3v) is 3.30. The lowest BCUT2D eigenvalue weighted by Crippen LogP contribution is -2.15. The standard InChI is InChI=1S/C10H8N8S/c11-7(12)5-9(14-2-1-13-5)19-10-6-8(16-3-15-6)17-4-18-10/h1-4H,(H3,11,12)(H,15,16,17,18). The van der Waals surface area contributed by atoms with Crippen molar-refractivity contribution in [1.29, 1.82) is 5.41 Å². The minimum Gasteiger partial charge on any atom is -0.382 e. The monoisotopic (exact) mass is 272 g/mol. The molecule has 0 atom stereocenters. The van der Waals surface area contributed by atoms with E-state index in [1.807, 2.05) is 0 Å². The van der Waals surface area contributed by atoms with E-state index in [0.29, 0.717) is 26.9 Å². The van der Waals surface area contributed by atoms with Crippen LogP contribution in [0.25, 0.3) is 11.2 Å². The van der Waals surface area contributed by atoms with E-state index in [1.54, 1.807) is 12.5 Å². The van der Waals surface area contributed by atoms with Crippen LogP contribution in [0.3, 0.4) is 0 Å². The Morgan fingerprint density at radius 3 is 2.79 bits per heavy atom. The quantitative estimate of drug-likeness (QED) is 0.361. The molecular formula is C10H8N8S. The Morgan fingerprint density at radius 2 is 1.95 bits per heavy atom. The molecule has 0 aliphatic carbocycles. The number of nitrogens with two attached hydrogens (primary N) is 1. The van der Waals surface area contributed by atoms with Crippen molar-refractivity contribution in [1.82, 2.24) is 29.9 Å². The van der Waals surface area contributed by atoms with Gasteiger partial charge in [-0.2, -0.15) is 0 Å². The van der Waals surface area contributed by atoms with E-state index in [-0.39, 0.29) is 5.84 Å². The smallest absolute Gasteiger partial charge is 0.181 e. The molecule has 94 valence electrons. The normalized spacial score (nSPS) is 10.7. The molecule has 0 radical (unpaired) electrons. The molecule has 0 saturated carbocycles. The number of rotatable bonds is 3. The largest absolute Gasteiger partial charge is 0.382 e. The van der Waals surface area contributed by atoms with Gasteiger partial charge in [-0.15, -0.1) is 0 Å². The summed E-state index contributed by atoms with van der Waals surface area (Å²) in [7, 11) is 0. The van der Waals surface area contributed by atoms with Gasteiger partial charge in [0.05, 0.1) is 6.33 Å². The van der Waals surface area contributed by atoms with Crippen molar-refractivity contribution in [3.05, 3.63) is 30.7 Å². The Balaban J connectivity index is 2.06. The second-order valence-corrected chi connectivity index (χ2v) is 4.48. The van der Waals surface area contributed by atoms with Crippen LogP contribution in [0.15, 0.2) is 35.1 Å². The van der Waals surface area contributed by atoms with Gasteiger partial charge in [-0.3, -0.25) is 5.41 Å². The third-order valence-electron chi connectivity index (χ3n) is 2.30. The first-order valence-electron chi connectivity index (χ1n) is 5.23. The van der Waals surface area contributed by atoms with Crippen LogP contribution in [-0.4, -0.2) is 35.7 Å². The fraction of sp³-hybridized carbons (Fsp3) is 0. The summed E-state index contributed by atoms with van der Waals surface area (Å²) in [6.45, 7) is 0. The first-order chi connectivity index (χ1) is 9.25. The highest BCUT2D eigenvalue weighted by atomic mass is 32.2. The molecule has 0 saturated heterocycles. The number of amidine groups is 1. The number of imidazole rings is 1. The lowest BCUT2D eigenvalue weighted by Gasteiger charge is -2.04. The van der Waals surface area contributed by atoms with E-state index in [4.69, 9.17) is 11.1 Å². The van der Waals surface area contributed by atoms with E-state index in [0.717, 1.165) is 0 Å². The average molecular weight is 272 g/mol. The zero-order valence-electron chi connectivity index (χ0n) is 9.53. The number of aromatic amines is 1. The second-order valence-electron chi connectivity index (χ2n) is 3.51. The Bertz CT molecular complexity index is 752. The summed E-state index contributed by atoms with van der Waals surface area (Å²) >= 11 is 1.26. The van der Waals surface area contributed by atoms with Crippen molar-refractivity contribution < 1.29 is 0 Å². The van der Waals surface area contributed by atoms with Crippen LogP contribution in [0.1, 0.15) is 5.69 Å². The van der Waals surface area contributed by atoms with E-state index < -0.39 is 0 Å². The molecule has 3 heterocycles. The van der Waals surface area contributed by atoms with Crippen molar-refractivity contribution in [3.8, 4) is 0 Å². The van der Waals surface area contributed by atoms with Crippen LogP contribution in [-0.2, 0) is 0 Å². The molecule has 3 rings (SSSR count). The SMILES string of the molecule is N=C(N)c1nccnc1Sc1ncnc2nc[nH]c12. The van der Waals surface area contributed by atoms with E-state index in [9.17, 15) is 0 Å². The van der Waals surface area contributed by atoms with Crippen molar-refractivity contribution in [3.63, 3.8) is 0 Å². The van der Waals surface area contributed by atoms with Gasteiger partial charge in [-0.25, -0.2) is 24.9 Å². The highest BCUT2D eigenvalue weighted by molar-refractivity contribution is 7.99. The van der Waals surface area contributed by atoms with Gasteiger partial charge in [-0.1, -0.05) is 0 Å². The number of hydrogen-bond acceptors (Lipinski definition) is 7. The first kappa shape index (κ1) is 11.5. The van der Waals surface area contributed by atoms with E-state index in [1.165, 1.54) is 24.3 Å².